The molecule has 0 aromatic heterocycles. The van der Waals surface area contributed by atoms with E-state index in [1.807, 2.05) is 13.8 Å². The van der Waals surface area contributed by atoms with Gasteiger partial charge in [-0.15, -0.1) is 6.58 Å². The number of unbranched alkanes of at least 4 members (excludes halogenated alkanes) is 1. The second-order valence-electron chi connectivity index (χ2n) is 4.81. The summed E-state index contributed by atoms with van der Waals surface area (Å²) in [5.74, 6) is -0.136. The topological polar surface area (TPSA) is 110 Å². The number of hydrogen-bond acceptors (Lipinski definition) is 4. The normalized spacial score (nSPS) is 10.8. The standard InChI is InChI=1S/C10H22N4O2.C4H8/c11-5-2-1-4-9(12)10(16)14-7-3-6-13-8-15;1-4(2)3/h8-9H,1-7,11-12H2,(H,13,15)(H,14,16);1H2,2-3H3. The molecule has 6 nitrogen and oxygen atoms in total. The SMILES string of the molecule is C=C(C)C.NCCCCC(N)C(=O)NCCCNC=O. The van der Waals surface area contributed by atoms with Gasteiger partial charge in [0.1, 0.15) is 0 Å². The Bertz CT molecular complexity index is 266. The molecule has 0 aromatic carbocycles. The molecule has 0 heterocycles. The Hall–Kier alpha value is -1.40. The number of nitrogens with two attached hydrogens (primary N) is 2. The monoisotopic (exact) mass is 286 g/mol. The number of amides is 2. The molecule has 6 N–H and O–H groups in total. The van der Waals surface area contributed by atoms with Gasteiger partial charge >= 0.3 is 0 Å². The third-order valence-electron chi connectivity index (χ3n) is 2.19. The molecule has 0 bridgehead atoms. The molecular formula is C14H30N4O2. The Morgan fingerprint density at radius 1 is 1.25 bits per heavy atom. The van der Waals surface area contributed by atoms with Gasteiger partial charge in [0.05, 0.1) is 6.04 Å². The summed E-state index contributed by atoms with van der Waals surface area (Å²) in [6.45, 7) is 9.22. The van der Waals surface area contributed by atoms with Crippen LogP contribution in [0.15, 0.2) is 12.2 Å². The lowest BCUT2D eigenvalue weighted by Crippen LogP contribution is -2.41. The van der Waals surface area contributed by atoms with Gasteiger partial charge in [-0.1, -0.05) is 12.0 Å². The number of carbonyl (C=O) groups is 2. The molecule has 0 aliphatic heterocycles. The third-order valence-corrected chi connectivity index (χ3v) is 2.19. The first-order chi connectivity index (χ1) is 9.45. The zero-order valence-electron chi connectivity index (χ0n) is 12.8. The van der Waals surface area contributed by atoms with Gasteiger partial charge in [-0.05, 0) is 39.7 Å². The molecule has 1 unspecified atom stereocenters. The van der Waals surface area contributed by atoms with Crippen LogP contribution < -0.4 is 22.1 Å². The fourth-order valence-corrected chi connectivity index (χ4v) is 1.23. The maximum Gasteiger partial charge on any atom is 0.236 e. The summed E-state index contributed by atoms with van der Waals surface area (Å²) in [7, 11) is 0. The van der Waals surface area contributed by atoms with Crippen LogP contribution in [-0.4, -0.2) is 38.0 Å². The summed E-state index contributed by atoms with van der Waals surface area (Å²) in [5, 5.41) is 5.23. The van der Waals surface area contributed by atoms with E-state index in [1.54, 1.807) is 0 Å². The lowest BCUT2D eigenvalue weighted by atomic mass is 10.1. The molecule has 0 saturated carbocycles. The first-order valence-corrected chi connectivity index (χ1v) is 6.98. The highest BCUT2D eigenvalue weighted by molar-refractivity contribution is 5.81. The summed E-state index contributed by atoms with van der Waals surface area (Å²) in [6, 6.07) is -0.453. The minimum atomic E-state index is -0.453. The number of carbonyl (C=O) groups excluding carboxylic acids is 2. The highest BCUT2D eigenvalue weighted by Crippen LogP contribution is 1.97. The van der Waals surface area contributed by atoms with E-state index in [4.69, 9.17) is 11.5 Å². The van der Waals surface area contributed by atoms with Crippen molar-refractivity contribution in [3.63, 3.8) is 0 Å². The second kappa shape index (κ2) is 15.7. The molecule has 0 aliphatic carbocycles. The predicted octanol–water partition coefficient (Wildman–Crippen LogP) is 0.277. The average molecular weight is 286 g/mol. The van der Waals surface area contributed by atoms with Crippen molar-refractivity contribution < 1.29 is 9.59 Å². The molecule has 0 aliphatic rings. The molecular weight excluding hydrogens is 256 g/mol. The molecule has 0 aromatic rings. The van der Waals surface area contributed by atoms with Crippen molar-refractivity contribution in [3.05, 3.63) is 12.2 Å². The van der Waals surface area contributed by atoms with Crippen molar-refractivity contribution in [2.75, 3.05) is 19.6 Å². The molecule has 0 radical (unpaired) electrons. The van der Waals surface area contributed by atoms with Crippen LogP contribution in [0.1, 0.15) is 39.5 Å². The Labute approximate surface area is 122 Å². The van der Waals surface area contributed by atoms with E-state index < -0.39 is 6.04 Å². The lowest BCUT2D eigenvalue weighted by Gasteiger charge is -2.11. The van der Waals surface area contributed by atoms with Crippen LogP contribution >= 0.6 is 0 Å². The molecule has 20 heavy (non-hydrogen) atoms. The molecule has 0 spiro atoms. The Balaban J connectivity index is 0. The van der Waals surface area contributed by atoms with Crippen LogP contribution in [0.5, 0.6) is 0 Å². The Morgan fingerprint density at radius 3 is 2.35 bits per heavy atom. The third kappa shape index (κ3) is 19.0. The van der Waals surface area contributed by atoms with Crippen molar-refractivity contribution >= 4 is 12.3 Å². The summed E-state index contributed by atoms with van der Waals surface area (Å²) in [6.07, 6.45) is 3.78. The van der Waals surface area contributed by atoms with Crippen molar-refractivity contribution in [2.45, 2.75) is 45.6 Å². The number of rotatable bonds is 10. The molecule has 6 heteroatoms. The first-order valence-electron chi connectivity index (χ1n) is 6.98. The number of hydrogen-bond donors (Lipinski definition) is 4. The van der Waals surface area contributed by atoms with Crippen LogP contribution in [0, 0.1) is 0 Å². The molecule has 0 rings (SSSR count). The maximum absolute atomic E-state index is 11.4. The fourth-order valence-electron chi connectivity index (χ4n) is 1.23. The second-order valence-corrected chi connectivity index (χ2v) is 4.81. The maximum atomic E-state index is 11.4. The summed E-state index contributed by atoms with van der Waals surface area (Å²) in [4.78, 5) is 21.3. The van der Waals surface area contributed by atoms with Crippen LogP contribution in [-0.2, 0) is 9.59 Å². The summed E-state index contributed by atoms with van der Waals surface area (Å²) < 4.78 is 0. The van der Waals surface area contributed by atoms with Gasteiger partial charge in [0, 0.05) is 13.1 Å². The molecule has 0 saturated heterocycles. The van der Waals surface area contributed by atoms with Crippen LogP contribution in [0.25, 0.3) is 0 Å². The molecule has 1 atom stereocenters. The molecule has 118 valence electrons. The van der Waals surface area contributed by atoms with E-state index in [0.29, 0.717) is 38.9 Å². The van der Waals surface area contributed by atoms with E-state index in [9.17, 15) is 9.59 Å². The predicted molar refractivity (Wildman–Crippen MR) is 83.1 cm³/mol. The number of allylic oxidation sites excluding steroid dienone is 1. The summed E-state index contributed by atoms with van der Waals surface area (Å²) >= 11 is 0. The quantitative estimate of drug-likeness (QED) is 0.262. The Kier molecular flexibility index (Phi) is 16.4. The van der Waals surface area contributed by atoms with Gasteiger partial charge in [0.2, 0.25) is 12.3 Å². The highest BCUT2D eigenvalue weighted by Gasteiger charge is 2.11. The lowest BCUT2D eigenvalue weighted by molar-refractivity contribution is -0.122. The van der Waals surface area contributed by atoms with E-state index in [-0.39, 0.29) is 5.91 Å². The van der Waals surface area contributed by atoms with Gasteiger partial charge in [-0.3, -0.25) is 9.59 Å². The smallest absolute Gasteiger partial charge is 0.236 e. The van der Waals surface area contributed by atoms with E-state index in [2.05, 4.69) is 17.2 Å². The molecule has 0 fully saturated rings. The minimum absolute atomic E-state index is 0.136. The van der Waals surface area contributed by atoms with Crippen molar-refractivity contribution in [3.8, 4) is 0 Å². The average Bonchev–Trinajstić information content (AvgIpc) is 2.37. The van der Waals surface area contributed by atoms with Gasteiger partial charge < -0.3 is 22.1 Å². The van der Waals surface area contributed by atoms with E-state index in [0.717, 1.165) is 12.8 Å². The first kappa shape index (κ1) is 20.9. The van der Waals surface area contributed by atoms with Crippen LogP contribution in [0.2, 0.25) is 0 Å². The summed E-state index contributed by atoms with van der Waals surface area (Å²) in [5.41, 5.74) is 12.2. The van der Waals surface area contributed by atoms with Crippen molar-refractivity contribution in [1.82, 2.24) is 10.6 Å². The highest BCUT2D eigenvalue weighted by atomic mass is 16.2. The van der Waals surface area contributed by atoms with Crippen LogP contribution in [0.4, 0.5) is 0 Å². The van der Waals surface area contributed by atoms with Gasteiger partial charge in [-0.2, -0.15) is 0 Å². The van der Waals surface area contributed by atoms with E-state index in [1.165, 1.54) is 5.57 Å². The Morgan fingerprint density at radius 2 is 1.85 bits per heavy atom. The van der Waals surface area contributed by atoms with Gasteiger partial charge in [-0.25, -0.2) is 0 Å². The van der Waals surface area contributed by atoms with Crippen molar-refractivity contribution in [1.29, 1.82) is 0 Å². The van der Waals surface area contributed by atoms with Crippen LogP contribution in [0.3, 0.4) is 0 Å². The zero-order valence-corrected chi connectivity index (χ0v) is 12.8. The fraction of sp³-hybridized carbons (Fsp3) is 0.714. The number of nitrogens with one attached hydrogen (secondary N) is 2. The van der Waals surface area contributed by atoms with Gasteiger partial charge in [0.15, 0.2) is 0 Å². The largest absolute Gasteiger partial charge is 0.359 e. The minimum Gasteiger partial charge on any atom is -0.359 e. The molecule has 2 amide bonds. The van der Waals surface area contributed by atoms with E-state index >= 15 is 0 Å². The van der Waals surface area contributed by atoms with Gasteiger partial charge in [0.25, 0.3) is 0 Å². The van der Waals surface area contributed by atoms with Crippen molar-refractivity contribution in [2.24, 2.45) is 11.5 Å². The zero-order chi connectivity index (χ0) is 15.8.